The number of hydrogen-bond acceptors (Lipinski definition) is 5. The van der Waals surface area contributed by atoms with Gasteiger partial charge in [0, 0.05) is 6.04 Å². The standard InChI is InChI=1S/C11H18N6O/c1-8(2)17-10(12-7-13-17)6-16-5-9(14-15-16)11(3,4)18/h5,7-8,18H,6H2,1-4H3. The highest BCUT2D eigenvalue weighted by molar-refractivity contribution is 5.03. The Morgan fingerprint density at radius 1 is 1.39 bits per heavy atom. The van der Waals surface area contributed by atoms with E-state index in [-0.39, 0.29) is 6.04 Å². The van der Waals surface area contributed by atoms with Crippen molar-refractivity contribution in [3.63, 3.8) is 0 Å². The lowest BCUT2D eigenvalue weighted by Gasteiger charge is -2.12. The van der Waals surface area contributed by atoms with Gasteiger partial charge in [-0.3, -0.25) is 0 Å². The molecule has 7 heteroatoms. The van der Waals surface area contributed by atoms with Gasteiger partial charge in [0.2, 0.25) is 0 Å². The molecule has 0 amide bonds. The van der Waals surface area contributed by atoms with Gasteiger partial charge in [-0.05, 0) is 27.7 Å². The molecule has 2 aromatic heterocycles. The van der Waals surface area contributed by atoms with Gasteiger partial charge in [0.15, 0.2) is 0 Å². The molecule has 0 unspecified atom stereocenters. The zero-order valence-corrected chi connectivity index (χ0v) is 11.1. The Morgan fingerprint density at radius 2 is 2.11 bits per heavy atom. The highest BCUT2D eigenvalue weighted by Gasteiger charge is 2.20. The summed E-state index contributed by atoms with van der Waals surface area (Å²) < 4.78 is 3.49. The quantitative estimate of drug-likeness (QED) is 0.865. The first-order valence-electron chi connectivity index (χ1n) is 5.89. The highest BCUT2D eigenvalue weighted by Crippen LogP contribution is 2.16. The lowest BCUT2D eigenvalue weighted by molar-refractivity contribution is 0.0737. The molecular formula is C11H18N6O. The highest BCUT2D eigenvalue weighted by atomic mass is 16.3. The number of nitrogens with zero attached hydrogens (tertiary/aromatic N) is 6. The summed E-state index contributed by atoms with van der Waals surface area (Å²) in [6.07, 6.45) is 3.25. The van der Waals surface area contributed by atoms with Crippen LogP contribution in [0.3, 0.4) is 0 Å². The van der Waals surface area contributed by atoms with Gasteiger partial charge in [-0.1, -0.05) is 5.21 Å². The molecule has 0 aliphatic carbocycles. The van der Waals surface area contributed by atoms with E-state index in [1.165, 1.54) is 6.33 Å². The molecule has 0 aliphatic heterocycles. The van der Waals surface area contributed by atoms with Crippen LogP contribution in [0.4, 0.5) is 0 Å². The molecule has 0 bridgehead atoms. The van der Waals surface area contributed by atoms with Crippen molar-refractivity contribution in [3.8, 4) is 0 Å². The number of aromatic nitrogens is 6. The molecule has 98 valence electrons. The smallest absolute Gasteiger partial charge is 0.148 e. The Morgan fingerprint density at radius 3 is 2.67 bits per heavy atom. The lowest BCUT2D eigenvalue weighted by atomic mass is 10.1. The van der Waals surface area contributed by atoms with E-state index in [0.29, 0.717) is 12.2 Å². The maximum Gasteiger partial charge on any atom is 0.148 e. The van der Waals surface area contributed by atoms with E-state index in [4.69, 9.17) is 0 Å². The van der Waals surface area contributed by atoms with E-state index in [0.717, 1.165) is 5.82 Å². The summed E-state index contributed by atoms with van der Waals surface area (Å²) in [6.45, 7) is 7.93. The van der Waals surface area contributed by atoms with E-state index in [1.54, 1.807) is 24.7 Å². The largest absolute Gasteiger partial charge is 0.384 e. The molecule has 7 nitrogen and oxygen atoms in total. The van der Waals surface area contributed by atoms with Crippen LogP contribution in [0, 0.1) is 0 Å². The summed E-state index contributed by atoms with van der Waals surface area (Å²) >= 11 is 0. The molecule has 0 aliphatic rings. The molecule has 2 rings (SSSR count). The zero-order valence-electron chi connectivity index (χ0n) is 11.1. The predicted molar refractivity (Wildman–Crippen MR) is 64.8 cm³/mol. The first kappa shape index (κ1) is 12.7. The molecule has 0 aromatic carbocycles. The van der Waals surface area contributed by atoms with Crippen molar-refractivity contribution in [2.75, 3.05) is 0 Å². The second kappa shape index (κ2) is 4.49. The molecule has 0 fully saturated rings. The van der Waals surface area contributed by atoms with E-state index >= 15 is 0 Å². The SMILES string of the molecule is CC(C)n1ncnc1Cn1cc(C(C)(C)O)nn1. The fraction of sp³-hybridized carbons (Fsp3) is 0.636. The van der Waals surface area contributed by atoms with Gasteiger partial charge in [-0.2, -0.15) is 5.10 Å². The third kappa shape index (κ3) is 2.56. The molecule has 0 atom stereocenters. The maximum absolute atomic E-state index is 9.82. The summed E-state index contributed by atoms with van der Waals surface area (Å²) in [5.74, 6) is 0.817. The number of hydrogen-bond donors (Lipinski definition) is 1. The topological polar surface area (TPSA) is 81.7 Å². The van der Waals surface area contributed by atoms with Gasteiger partial charge >= 0.3 is 0 Å². The third-order valence-electron chi connectivity index (χ3n) is 2.61. The predicted octanol–water partition coefficient (Wildman–Crippen LogP) is 0.726. The molecule has 0 radical (unpaired) electrons. The van der Waals surface area contributed by atoms with E-state index in [2.05, 4.69) is 20.4 Å². The van der Waals surface area contributed by atoms with Crippen molar-refractivity contribution in [2.45, 2.75) is 45.9 Å². The van der Waals surface area contributed by atoms with Gasteiger partial charge in [0.05, 0.1) is 6.20 Å². The number of rotatable bonds is 4. The van der Waals surface area contributed by atoms with Crippen molar-refractivity contribution in [1.29, 1.82) is 0 Å². The van der Waals surface area contributed by atoms with Crippen LogP contribution in [0.25, 0.3) is 0 Å². The van der Waals surface area contributed by atoms with Gasteiger partial charge < -0.3 is 5.11 Å². The molecule has 0 saturated heterocycles. The van der Waals surface area contributed by atoms with E-state index in [1.807, 2.05) is 18.5 Å². The summed E-state index contributed by atoms with van der Waals surface area (Å²) in [7, 11) is 0. The van der Waals surface area contributed by atoms with Crippen LogP contribution in [0.15, 0.2) is 12.5 Å². The van der Waals surface area contributed by atoms with Crippen LogP contribution in [-0.2, 0) is 12.1 Å². The monoisotopic (exact) mass is 250 g/mol. The Bertz CT molecular complexity index is 522. The van der Waals surface area contributed by atoms with Crippen molar-refractivity contribution >= 4 is 0 Å². The van der Waals surface area contributed by atoms with Crippen molar-refractivity contribution in [1.82, 2.24) is 29.8 Å². The molecule has 0 saturated carbocycles. The molecule has 1 N–H and O–H groups in total. The average Bonchev–Trinajstić information content (AvgIpc) is 2.85. The van der Waals surface area contributed by atoms with Gasteiger partial charge in [-0.15, -0.1) is 5.10 Å². The van der Waals surface area contributed by atoms with Crippen molar-refractivity contribution in [3.05, 3.63) is 24.0 Å². The molecule has 0 spiro atoms. The van der Waals surface area contributed by atoms with Crippen LogP contribution in [-0.4, -0.2) is 34.9 Å². The van der Waals surface area contributed by atoms with Gasteiger partial charge in [0.25, 0.3) is 0 Å². The average molecular weight is 250 g/mol. The Hall–Kier alpha value is -1.76. The van der Waals surface area contributed by atoms with Gasteiger partial charge in [0.1, 0.15) is 30.0 Å². The maximum atomic E-state index is 9.82. The van der Waals surface area contributed by atoms with Crippen LogP contribution in [0.2, 0.25) is 0 Å². The van der Waals surface area contributed by atoms with Crippen LogP contribution >= 0.6 is 0 Å². The van der Waals surface area contributed by atoms with Gasteiger partial charge in [-0.25, -0.2) is 14.3 Å². The minimum absolute atomic E-state index is 0.250. The second-order valence-electron chi connectivity index (χ2n) is 5.07. The summed E-state index contributed by atoms with van der Waals surface area (Å²) in [4.78, 5) is 4.20. The minimum atomic E-state index is -0.982. The van der Waals surface area contributed by atoms with Crippen LogP contribution in [0.5, 0.6) is 0 Å². The minimum Gasteiger partial charge on any atom is -0.384 e. The Kier molecular flexibility index (Phi) is 3.16. The van der Waals surface area contributed by atoms with Crippen molar-refractivity contribution < 1.29 is 5.11 Å². The van der Waals surface area contributed by atoms with Crippen LogP contribution in [0.1, 0.15) is 45.3 Å². The summed E-state index contributed by atoms with van der Waals surface area (Å²) in [6, 6.07) is 0.250. The molecular weight excluding hydrogens is 232 g/mol. The lowest BCUT2D eigenvalue weighted by Crippen LogP contribution is -2.16. The fourth-order valence-corrected chi connectivity index (χ4v) is 1.62. The second-order valence-corrected chi connectivity index (χ2v) is 5.07. The van der Waals surface area contributed by atoms with E-state index < -0.39 is 5.60 Å². The van der Waals surface area contributed by atoms with Crippen LogP contribution < -0.4 is 0 Å². The fourth-order valence-electron chi connectivity index (χ4n) is 1.62. The Balaban J connectivity index is 2.19. The molecule has 2 aromatic rings. The van der Waals surface area contributed by atoms with Crippen molar-refractivity contribution in [2.24, 2.45) is 0 Å². The zero-order chi connectivity index (χ0) is 13.3. The summed E-state index contributed by atoms with van der Waals surface area (Å²) in [5, 5.41) is 21.9. The third-order valence-corrected chi connectivity index (χ3v) is 2.61. The first-order valence-corrected chi connectivity index (χ1v) is 5.89. The summed E-state index contributed by atoms with van der Waals surface area (Å²) in [5.41, 5.74) is -0.442. The molecule has 18 heavy (non-hydrogen) atoms. The normalized spacial score (nSPS) is 12.3. The Labute approximate surface area is 105 Å². The first-order chi connectivity index (χ1) is 8.38. The van der Waals surface area contributed by atoms with E-state index in [9.17, 15) is 5.11 Å². The molecule has 2 heterocycles. The number of aliphatic hydroxyl groups is 1.